The summed E-state index contributed by atoms with van der Waals surface area (Å²) < 4.78 is 0. The molecule has 0 aliphatic heterocycles. The van der Waals surface area contributed by atoms with Gasteiger partial charge in [0, 0.05) is 17.3 Å². The number of rotatable bonds is 6. The molecule has 0 spiro atoms. The van der Waals surface area contributed by atoms with Gasteiger partial charge in [-0.2, -0.15) is 11.8 Å². The summed E-state index contributed by atoms with van der Waals surface area (Å²) in [4.78, 5) is 9.23. The summed E-state index contributed by atoms with van der Waals surface area (Å²) in [5, 5.41) is 3.61. The van der Waals surface area contributed by atoms with Crippen LogP contribution in [-0.4, -0.2) is 27.5 Å². The van der Waals surface area contributed by atoms with Crippen molar-refractivity contribution in [2.45, 2.75) is 58.9 Å². The summed E-state index contributed by atoms with van der Waals surface area (Å²) >= 11 is 2.01. The van der Waals surface area contributed by atoms with Crippen LogP contribution in [0.4, 0.5) is 5.82 Å². The molecule has 1 atom stereocenters. The molecule has 19 heavy (non-hydrogen) atoms. The maximum atomic E-state index is 4.63. The van der Waals surface area contributed by atoms with Gasteiger partial charge in [0.2, 0.25) is 0 Å². The molecule has 1 N–H and O–H groups in total. The first kappa shape index (κ1) is 14.6. The molecule has 3 nitrogen and oxygen atoms in total. The van der Waals surface area contributed by atoms with Crippen LogP contribution in [-0.2, 0) is 12.8 Å². The van der Waals surface area contributed by atoms with Crippen LogP contribution in [0.2, 0.25) is 0 Å². The van der Waals surface area contributed by atoms with Crippen molar-refractivity contribution in [3.63, 3.8) is 0 Å². The number of aromatic nitrogens is 2. The summed E-state index contributed by atoms with van der Waals surface area (Å²) in [5.41, 5.74) is 2.64. The molecule has 0 amide bonds. The van der Waals surface area contributed by atoms with Crippen LogP contribution < -0.4 is 5.32 Å². The third-order valence-electron chi connectivity index (χ3n) is 3.58. The van der Waals surface area contributed by atoms with Gasteiger partial charge in [-0.05, 0) is 57.5 Å². The molecular formula is C15H25N3S. The van der Waals surface area contributed by atoms with Crippen LogP contribution >= 0.6 is 11.8 Å². The van der Waals surface area contributed by atoms with Gasteiger partial charge in [-0.1, -0.05) is 6.92 Å². The van der Waals surface area contributed by atoms with E-state index in [1.54, 1.807) is 0 Å². The summed E-state index contributed by atoms with van der Waals surface area (Å²) in [7, 11) is 0. The van der Waals surface area contributed by atoms with Crippen LogP contribution in [0.15, 0.2) is 0 Å². The van der Waals surface area contributed by atoms with Crippen molar-refractivity contribution in [3.8, 4) is 0 Å². The number of aryl methyl sites for hydroxylation is 2. The second-order valence-corrected chi connectivity index (χ2v) is 6.68. The maximum Gasteiger partial charge on any atom is 0.133 e. The lowest BCUT2D eigenvalue weighted by atomic mass is 9.96. The van der Waals surface area contributed by atoms with E-state index in [2.05, 4.69) is 29.1 Å². The van der Waals surface area contributed by atoms with E-state index in [0.29, 0.717) is 6.04 Å². The smallest absolute Gasteiger partial charge is 0.133 e. The molecule has 1 heterocycles. The van der Waals surface area contributed by atoms with Crippen LogP contribution in [0.5, 0.6) is 0 Å². The average Bonchev–Trinajstić information content (AvgIpc) is 2.39. The Bertz CT molecular complexity index is 420. The molecule has 0 aromatic carbocycles. The van der Waals surface area contributed by atoms with Crippen LogP contribution in [0, 0.1) is 6.92 Å². The molecule has 1 aliphatic rings. The zero-order valence-corrected chi connectivity index (χ0v) is 13.1. The molecule has 0 saturated carbocycles. The SMILES string of the molecule is CCSCCC(C)Nc1nc(C)nc2c1CCCC2. The lowest BCUT2D eigenvalue weighted by Gasteiger charge is -2.22. The van der Waals surface area contributed by atoms with Crippen molar-refractivity contribution in [1.29, 1.82) is 0 Å². The number of nitrogens with zero attached hydrogens (tertiary/aromatic N) is 2. The van der Waals surface area contributed by atoms with Gasteiger partial charge in [-0.3, -0.25) is 0 Å². The normalized spacial score (nSPS) is 15.9. The maximum absolute atomic E-state index is 4.63. The van der Waals surface area contributed by atoms with Crippen molar-refractivity contribution in [1.82, 2.24) is 9.97 Å². The van der Waals surface area contributed by atoms with Gasteiger partial charge in [0.05, 0.1) is 0 Å². The van der Waals surface area contributed by atoms with E-state index < -0.39 is 0 Å². The Kier molecular flexibility index (Phi) is 5.49. The van der Waals surface area contributed by atoms with Crippen molar-refractivity contribution in [2.24, 2.45) is 0 Å². The third-order valence-corrected chi connectivity index (χ3v) is 4.51. The van der Waals surface area contributed by atoms with Gasteiger partial charge in [0.15, 0.2) is 0 Å². The molecule has 1 aliphatic carbocycles. The van der Waals surface area contributed by atoms with Crippen LogP contribution in [0.3, 0.4) is 0 Å². The lowest BCUT2D eigenvalue weighted by molar-refractivity contribution is 0.655. The number of fused-ring (bicyclic) bond motifs is 1. The minimum Gasteiger partial charge on any atom is -0.367 e. The van der Waals surface area contributed by atoms with Gasteiger partial charge < -0.3 is 5.32 Å². The fraction of sp³-hybridized carbons (Fsp3) is 0.733. The quantitative estimate of drug-likeness (QED) is 0.807. The highest BCUT2D eigenvalue weighted by Gasteiger charge is 2.17. The number of hydrogen-bond acceptors (Lipinski definition) is 4. The molecule has 4 heteroatoms. The molecule has 1 unspecified atom stereocenters. The predicted molar refractivity (Wildman–Crippen MR) is 84.1 cm³/mol. The van der Waals surface area contributed by atoms with Crippen molar-refractivity contribution < 1.29 is 0 Å². The first-order valence-corrected chi connectivity index (χ1v) is 8.56. The summed E-state index contributed by atoms with van der Waals surface area (Å²) in [5.74, 6) is 4.42. The summed E-state index contributed by atoms with van der Waals surface area (Å²) in [6, 6.07) is 0.486. The van der Waals surface area contributed by atoms with Crippen LogP contribution in [0.25, 0.3) is 0 Å². The second-order valence-electron chi connectivity index (χ2n) is 5.28. The van der Waals surface area contributed by atoms with Gasteiger partial charge in [0.1, 0.15) is 11.6 Å². The zero-order valence-electron chi connectivity index (χ0n) is 12.3. The number of thioether (sulfide) groups is 1. The first-order chi connectivity index (χ1) is 9.20. The Labute approximate surface area is 121 Å². The van der Waals surface area contributed by atoms with E-state index in [-0.39, 0.29) is 0 Å². The highest BCUT2D eigenvalue weighted by molar-refractivity contribution is 7.99. The van der Waals surface area contributed by atoms with E-state index in [0.717, 1.165) is 24.5 Å². The predicted octanol–water partition coefficient (Wildman–Crippen LogP) is 3.61. The molecule has 0 radical (unpaired) electrons. The van der Waals surface area contributed by atoms with Gasteiger partial charge >= 0.3 is 0 Å². The lowest BCUT2D eigenvalue weighted by Crippen LogP contribution is -2.21. The molecule has 2 rings (SSSR count). The van der Waals surface area contributed by atoms with Gasteiger partial charge in [-0.25, -0.2) is 9.97 Å². The van der Waals surface area contributed by atoms with Crippen molar-refractivity contribution >= 4 is 17.6 Å². The summed E-state index contributed by atoms with van der Waals surface area (Å²) in [6.07, 6.45) is 5.98. The zero-order chi connectivity index (χ0) is 13.7. The fourth-order valence-corrected chi connectivity index (χ4v) is 3.36. The minimum absolute atomic E-state index is 0.486. The van der Waals surface area contributed by atoms with E-state index in [1.807, 2.05) is 18.7 Å². The first-order valence-electron chi connectivity index (χ1n) is 7.41. The van der Waals surface area contributed by atoms with Gasteiger partial charge in [0.25, 0.3) is 0 Å². The topological polar surface area (TPSA) is 37.8 Å². The standard InChI is InChI=1S/C15H25N3S/c1-4-19-10-9-11(2)16-15-13-7-5-6-8-14(13)17-12(3)18-15/h11H,4-10H2,1-3H3,(H,16,17,18). The second kappa shape index (κ2) is 7.13. The Morgan fingerprint density at radius 2 is 2.05 bits per heavy atom. The number of hydrogen-bond donors (Lipinski definition) is 1. The largest absolute Gasteiger partial charge is 0.367 e. The Morgan fingerprint density at radius 3 is 2.84 bits per heavy atom. The highest BCUT2D eigenvalue weighted by Crippen LogP contribution is 2.26. The van der Waals surface area contributed by atoms with E-state index in [4.69, 9.17) is 0 Å². The molecule has 0 fully saturated rings. The number of anilines is 1. The van der Waals surface area contributed by atoms with Crippen LogP contribution in [0.1, 0.15) is 50.2 Å². The van der Waals surface area contributed by atoms with Crippen molar-refractivity contribution in [2.75, 3.05) is 16.8 Å². The molecule has 1 aromatic heterocycles. The van der Waals surface area contributed by atoms with E-state index in [9.17, 15) is 0 Å². The number of nitrogens with one attached hydrogen (secondary N) is 1. The minimum atomic E-state index is 0.486. The Balaban J connectivity index is 2.04. The molecular weight excluding hydrogens is 254 g/mol. The molecule has 0 bridgehead atoms. The van der Waals surface area contributed by atoms with E-state index >= 15 is 0 Å². The molecule has 106 valence electrons. The van der Waals surface area contributed by atoms with Gasteiger partial charge in [-0.15, -0.1) is 0 Å². The monoisotopic (exact) mass is 279 g/mol. The highest BCUT2D eigenvalue weighted by atomic mass is 32.2. The molecule has 1 aromatic rings. The summed E-state index contributed by atoms with van der Waals surface area (Å²) in [6.45, 7) is 6.47. The Morgan fingerprint density at radius 1 is 1.26 bits per heavy atom. The third kappa shape index (κ3) is 4.10. The average molecular weight is 279 g/mol. The Hall–Kier alpha value is -0.770. The van der Waals surface area contributed by atoms with E-state index in [1.165, 1.54) is 42.0 Å². The molecule has 0 saturated heterocycles. The fourth-order valence-electron chi connectivity index (χ4n) is 2.55. The van der Waals surface area contributed by atoms with Crippen molar-refractivity contribution in [3.05, 3.63) is 17.1 Å².